The number of aryl methyl sites for hydroxylation is 1. The van der Waals surface area contributed by atoms with Gasteiger partial charge in [0.2, 0.25) is 0 Å². The summed E-state index contributed by atoms with van der Waals surface area (Å²) >= 11 is 0. The van der Waals surface area contributed by atoms with Gasteiger partial charge in [0, 0.05) is 41.4 Å². The van der Waals surface area contributed by atoms with Gasteiger partial charge >= 0.3 is 5.97 Å². The number of carbonyl (C=O) groups is 1. The van der Waals surface area contributed by atoms with Crippen molar-refractivity contribution < 1.29 is 19.2 Å². The van der Waals surface area contributed by atoms with E-state index in [-0.39, 0.29) is 18.9 Å². The van der Waals surface area contributed by atoms with E-state index < -0.39 is 22.7 Å². The van der Waals surface area contributed by atoms with Crippen molar-refractivity contribution in [1.82, 2.24) is 9.78 Å². The number of fused-ring (bicyclic) bond motifs is 1. The average Bonchev–Trinajstić information content (AvgIpc) is 3.27. The highest BCUT2D eigenvalue weighted by Crippen LogP contribution is 2.49. The Morgan fingerprint density at radius 3 is 2.34 bits per heavy atom. The predicted molar refractivity (Wildman–Crippen MR) is 143 cm³/mol. The SMILES string of the molecule is CC1=Nc2c(c(-c3ccccc3)nn2C)C(c2ccccc2[N+](=O)[O-])C1C(=O)OCCOc1ccccc1. The first-order chi connectivity index (χ1) is 18.5. The molecule has 9 heteroatoms. The van der Waals surface area contributed by atoms with Crippen molar-refractivity contribution in [2.45, 2.75) is 12.8 Å². The van der Waals surface area contributed by atoms with E-state index in [1.165, 1.54) is 6.07 Å². The molecule has 1 aliphatic rings. The molecule has 4 aromatic rings. The molecule has 9 nitrogen and oxygen atoms in total. The van der Waals surface area contributed by atoms with Crippen molar-refractivity contribution in [2.24, 2.45) is 18.0 Å². The minimum absolute atomic E-state index is 0.0204. The molecule has 0 saturated carbocycles. The van der Waals surface area contributed by atoms with Gasteiger partial charge in [-0.25, -0.2) is 4.99 Å². The van der Waals surface area contributed by atoms with Crippen LogP contribution < -0.4 is 4.74 Å². The van der Waals surface area contributed by atoms with E-state index in [0.29, 0.717) is 34.1 Å². The van der Waals surface area contributed by atoms with E-state index in [1.807, 2.05) is 60.7 Å². The molecule has 0 saturated heterocycles. The summed E-state index contributed by atoms with van der Waals surface area (Å²) in [6, 6.07) is 25.2. The summed E-state index contributed by atoms with van der Waals surface area (Å²) in [5, 5.41) is 16.8. The molecule has 0 radical (unpaired) electrons. The Balaban J connectivity index is 1.55. The van der Waals surface area contributed by atoms with Crippen LogP contribution in [0.3, 0.4) is 0 Å². The van der Waals surface area contributed by atoms with E-state index in [0.717, 1.165) is 5.56 Å². The van der Waals surface area contributed by atoms with Gasteiger partial charge < -0.3 is 9.47 Å². The van der Waals surface area contributed by atoms with E-state index in [9.17, 15) is 14.9 Å². The fraction of sp³-hybridized carbons (Fsp3) is 0.207. The molecule has 2 atom stereocenters. The van der Waals surface area contributed by atoms with Crippen LogP contribution in [0.1, 0.15) is 24.0 Å². The molecular formula is C29H26N4O5. The van der Waals surface area contributed by atoms with Crippen LogP contribution >= 0.6 is 0 Å². The number of aromatic nitrogens is 2. The van der Waals surface area contributed by atoms with Crippen molar-refractivity contribution in [3.8, 4) is 17.0 Å². The third kappa shape index (κ3) is 4.78. The molecule has 0 fully saturated rings. The molecule has 0 aliphatic carbocycles. The summed E-state index contributed by atoms with van der Waals surface area (Å²) in [7, 11) is 1.78. The number of nitro benzene ring substituents is 1. The molecule has 192 valence electrons. The summed E-state index contributed by atoms with van der Waals surface area (Å²) in [4.78, 5) is 30.0. The minimum atomic E-state index is -0.882. The van der Waals surface area contributed by atoms with Crippen molar-refractivity contribution in [2.75, 3.05) is 13.2 Å². The zero-order valence-corrected chi connectivity index (χ0v) is 21.0. The number of aliphatic imine (C=N–C) groups is 1. The number of ether oxygens (including phenoxy) is 2. The van der Waals surface area contributed by atoms with E-state index in [2.05, 4.69) is 0 Å². The van der Waals surface area contributed by atoms with Gasteiger partial charge in [0.15, 0.2) is 5.82 Å². The first kappa shape index (κ1) is 24.9. The first-order valence-corrected chi connectivity index (χ1v) is 12.2. The highest BCUT2D eigenvalue weighted by molar-refractivity contribution is 6.05. The summed E-state index contributed by atoms with van der Waals surface area (Å²) < 4.78 is 13.0. The first-order valence-electron chi connectivity index (χ1n) is 12.2. The highest BCUT2D eigenvalue weighted by atomic mass is 16.6. The van der Waals surface area contributed by atoms with E-state index >= 15 is 0 Å². The largest absolute Gasteiger partial charge is 0.490 e. The molecule has 0 bridgehead atoms. The number of rotatable bonds is 8. The van der Waals surface area contributed by atoms with Crippen LogP contribution in [0.4, 0.5) is 11.5 Å². The second-order valence-electron chi connectivity index (χ2n) is 8.93. The van der Waals surface area contributed by atoms with Gasteiger partial charge in [-0.3, -0.25) is 19.6 Å². The van der Waals surface area contributed by atoms with Crippen molar-refractivity contribution in [3.63, 3.8) is 0 Å². The Morgan fingerprint density at radius 2 is 1.63 bits per heavy atom. The molecule has 3 aromatic carbocycles. The Hall–Kier alpha value is -4.79. The van der Waals surface area contributed by atoms with Gasteiger partial charge in [-0.1, -0.05) is 66.7 Å². The third-order valence-corrected chi connectivity index (χ3v) is 6.54. The van der Waals surface area contributed by atoms with Gasteiger partial charge in [-0.05, 0) is 19.1 Å². The third-order valence-electron chi connectivity index (χ3n) is 6.54. The number of hydrogen-bond acceptors (Lipinski definition) is 7. The fourth-order valence-corrected chi connectivity index (χ4v) is 4.87. The van der Waals surface area contributed by atoms with Gasteiger partial charge in [0.05, 0.1) is 10.6 Å². The molecule has 2 unspecified atom stereocenters. The lowest BCUT2D eigenvalue weighted by atomic mass is 9.75. The van der Waals surface area contributed by atoms with Gasteiger partial charge in [0.1, 0.15) is 24.9 Å². The van der Waals surface area contributed by atoms with Crippen molar-refractivity contribution >= 4 is 23.2 Å². The van der Waals surface area contributed by atoms with E-state index in [1.54, 1.807) is 36.9 Å². The summed E-state index contributed by atoms with van der Waals surface area (Å²) in [5.41, 5.74) is 2.92. The number of hydrogen-bond donors (Lipinski definition) is 0. The van der Waals surface area contributed by atoms with Crippen molar-refractivity contribution in [3.05, 3.63) is 106 Å². The number of esters is 1. The monoisotopic (exact) mass is 510 g/mol. The van der Waals surface area contributed by atoms with E-state index in [4.69, 9.17) is 19.6 Å². The maximum Gasteiger partial charge on any atom is 0.315 e. The number of para-hydroxylation sites is 2. The molecular weight excluding hydrogens is 484 g/mol. The second kappa shape index (κ2) is 10.7. The van der Waals surface area contributed by atoms with Gasteiger partial charge in [-0.2, -0.15) is 5.10 Å². The lowest BCUT2D eigenvalue weighted by Gasteiger charge is -2.30. The Morgan fingerprint density at radius 1 is 0.974 bits per heavy atom. The topological polar surface area (TPSA) is 109 Å². The molecule has 1 aromatic heterocycles. The summed E-state index contributed by atoms with van der Waals surface area (Å²) in [6.45, 7) is 1.93. The molecule has 2 heterocycles. The average molecular weight is 511 g/mol. The van der Waals surface area contributed by atoms with Gasteiger partial charge in [-0.15, -0.1) is 0 Å². The zero-order valence-electron chi connectivity index (χ0n) is 21.0. The number of nitro groups is 1. The van der Waals surface area contributed by atoms with Crippen LogP contribution in [0.2, 0.25) is 0 Å². The minimum Gasteiger partial charge on any atom is -0.490 e. The second-order valence-corrected chi connectivity index (χ2v) is 8.93. The highest BCUT2D eigenvalue weighted by Gasteiger charge is 2.44. The van der Waals surface area contributed by atoms with Gasteiger partial charge in [0.25, 0.3) is 5.69 Å². The lowest BCUT2D eigenvalue weighted by Crippen LogP contribution is -2.34. The predicted octanol–water partition coefficient (Wildman–Crippen LogP) is 5.47. The molecule has 0 N–H and O–H groups in total. The molecule has 5 rings (SSSR count). The molecule has 38 heavy (non-hydrogen) atoms. The molecule has 0 amide bonds. The van der Waals surface area contributed by atoms with Crippen LogP contribution in [0.5, 0.6) is 5.75 Å². The Labute approximate surface area is 219 Å². The smallest absolute Gasteiger partial charge is 0.315 e. The maximum atomic E-state index is 13.6. The lowest BCUT2D eigenvalue weighted by molar-refractivity contribution is -0.385. The normalized spacial score (nSPS) is 16.3. The van der Waals surface area contributed by atoms with Crippen LogP contribution in [0, 0.1) is 16.0 Å². The maximum absolute atomic E-state index is 13.6. The Kier molecular flexibility index (Phi) is 6.99. The number of benzene rings is 3. The number of carbonyl (C=O) groups excluding carboxylic acids is 1. The Bertz CT molecular complexity index is 1500. The standard InChI is InChI=1S/C29H26N4O5/c1-19-24(29(34)38-18-17-37-21-13-7-4-8-14-21)25(22-15-9-10-16-23(22)33(35)36)26-27(20-11-5-3-6-12-20)31-32(2)28(26)30-19/h3-16,24-25H,17-18H2,1-2H3. The zero-order chi connectivity index (χ0) is 26.6. The van der Waals surface area contributed by atoms with Crippen LogP contribution in [0.15, 0.2) is 89.9 Å². The summed E-state index contributed by atoms with van der Waals surface area (Å²) in [6.07, 6.45) is 0. The van der Waals surface area contributed by atoms with Crippen molar-refractivity contribution in [1.29, 1.82) is 0 Å². The molecule has 1 aliphatic heterocycles. The fourth-order valence-electron chi connectivity index (χ4n) is 4.87. The van der Waals surface area contributed by atoms with Crippen LogP contribution in [-0.4, -0.2) is 39.6 Å². The van der Waals surface area contributed by atoms with Crippen LogP contribution in [-0.2, 0) is 16.6 Å². The number of nitrogens with zero attached hydrogens (tertiary/aromatic N) is 4. The quantitative estimate of drug-likeness (QED) is 0.135. The molecule has 0 spiro atoms. The van der Waals surface area contributed by atoms with Crippen LogP contribution in [0.25, 0.3) is 11.3 Å². The summed E-state index contributed by atoms with van der Waals surface area (Å²) in [5.74, 6) is -0.910.